The van der Waals surface area contributed by atoms with E-state index in [0.29, 0.717) is 24.0 Å². The highest BCUT2D eigenvalue weighted by atomic mass is 16.4. The van der Waals surface area contributed by atoms with Gasteiger partial charge in [-0.3, -0.25) is 76.9 Å². The van der Waals surface area contributed by atoms with Crippen molar-refractivity contribution in [3.8, 4) is 5.75 Å². The molecule has 0 spiro atoms. The maximum absolute atomic E-state index is 14.6. The summed E-state index contributed by atoms with van der Waals surface area (Å²) in [5, 5.41) is 82.3. The van der Waals surface area contributed by atoms with Crippen molar-refractivity contribution in [3.05, 3.63) is 65.9 Å². The van der Waals surface area contributed by atoms with Crippen LogP contribution in [0.3, 0.4) is 0 Å². The van der Waals surface area contributed by atoms with Gasteiger partial charge in [-0.25, -0.2) is 4.79 Å². The number of nitrogens with two attached hydrogens (primary N) is 3. The maximum Gasteiger partial charge on any atom is 0.326 e. The van der Waals surface area contributed by atoms with Crippen LogP contribution in [0, 0.1) is 23.7 Å². The maximum atomic E-state index is 14.6. The molecule has 118 heavy (non-hydrogen) atoms. The number of nitrogens with zero attached hydrogens (tertiary/aromatic N) is 3. The summed E-state index contributed by atoms with van der Waals surface area (Å²) in [5.41, 5.74) is 18.5. The van der Waals surface area contributed by atoms with Crippen molar-refractivity contribution >= 4 is 112 Å². The Labute approximate surface area is 683 Å². The third kappa shape index (κ3) is 29.9. The molecule has 3 aromatic rings. The largest absolute Gasteiger partial charge is 0.508 e. The van der Waals surface area contributed by atoms with Crippen LogP contribution in [0.25, 0.3) is 10.9 Å². The standard InChI is InChI=1S/C78H119N19O21/c1-11-42(8)63(94-69(109)55(87-59(101)35-79)34-46-36-83-49-18-13-12-17-48(46)49)73(113)90-53(32-40(4)5)67(107)92-56(38-98)70(110)95-64(44(10)99)74(114)91-54(33-45-22-24-47(100)25-23-45)68(108)89-52(31-39(2)3)66(106)84-37-60(102)86-50(19-14-28-82-78(80)81)75(115)96-29-15-20-57(96)71(111)85-43(9)65(105)88-51(26-27-61(103)104)76(116)97-30-16-21-58(97)72(112)93-62(41(6)7)77(117)118/h12-13,17-18,22-25,36,39-44,50-58,62-64,83,98-100H,11,14-16,19-21,26-35,37-38,79H2,1-10H3,(H,84,106)(H,85,111)(H,86,102)(H,87,101)(H,88,105)(H,89,108)(H,90,113)(H,91,114)(H,92,107)(H,93,112)(H,94,109)(H,95,110)(H,103,104)(H,117,118)(H4,80,81,82)/t42-,43-,44+,50-,51-,52-,53-,54-,55-,56-,57-,58-,62-,63-,64-/m0/s1. The quantitative estimate of drug-likeness (QED) is 0.0147. The molecule has 0 radical (unpaired) electrons. The highest BCUT2D eigenvalue weighted by molar-refractivity contribution is 6.01. The van der Waals surface area contributed by atoms with Gasteiger partial charge in [-0.2, -0.15) is 0 Å². The Hall–Kier alpha value is -11.5. The Balaban J connectivity index is 1.28. The number of aliphatic imine (C=N–C) groups is 1. The highest BCUT2D eigenvalue weighted by Crippen LogP contribution is 2.25. The van der Waals surface area contributed by atoms with E-state index in [1.165, 1.54) is 36.1 Å². The van der Waals surface area contributed by atoms with Crippen LogP contribution in [-0.4, -0.2) is 265 Å². The number of carbonyl (C=O) groups excluding carboxylic acids is 14. The fraction of sp³-hybridized carbons (Fsp3) is 0.603. The fourth-order valence-corrected chi connectivity index (χ4v) is 13.6. The average molecular weight is 1660 g/mol. The number of H-pyrrole nitrogens is 1. The molecule has 0 aliphatic carbocycles. The molecule has 2 saturated heterocycles. The van der Waals surface area contributed by atoms with Crippen molar-refractivity contribution in [1.29, 1.82) is 0 Å². The number of phenols is 1. The molecule has 3 heterocycles. The van der Waals surface area contributed by atoms with E-state index >= 15 is 0 Å². The number of carbonyl (C=O) groups is 16. The molecule has 15 atom stereocenters. The molecule has 14 amide bonds. The van der Waals surface area contributed by atoms with Crippen LogP contribution in [0.15, 0.2) is 59.7 Å². The van der Waals surface area contributed by atoms with Gasteiger partial charge in [-0.1, -0.05) is 92.1 Å². The van der Waals surface area contributed by atoms with Crippen LogP contribution in [0.5, 0.6) is 5.75 Å². The van der Waals surface area contributed by atoms with Gasteiger partial charge in [-0.15, -0.1) is 0 Å². The van der Waals surface area contributed by atoms with Crippen LogP contribution in [0.4, 0.5) is 0 Å². The summed E-state index contributed by atoms with van der Waals surface area (Å²) >= 11 is 0. The van der Waals surface area contributed by atoms with E-state index in [2.05, 4.69) is 73.8 Å². The van der Waals surface area contributed by atoms with Crippen molar-refractivity contribution < 1.29 is 102 Å². The number of aliphatic hydroxyl groups is 2. The molecule has 652 valence electrons. The number of hydrogen-bond donors (Lipinski definition) is 21. The molecule has 2 aliphatic rings. The second-order valence-corrected chi connectivity index (χ2v) is 31.0. The minimum atomic E-state index is -1.92. The lowest BCUT2D eigenvalue weighted by atomic mass is 9.95. The first kappa shape index (κ1) is 97.0. The minimum absolute atomic E-state index is 0.00233. The number of aliphatic hydroxyl groups excluding tert-OH is 2. The second kappa shape index (κ2) is 47.0. The van der Waals surface area contributed by atoms with Crippen LogP contribution in [0.1, 0.15) is 151 Å². The summed E-state index contributed by atoms with van der Waals surface area (Å²) in [4.78, 5) is 230. The number of hydrogen-bond acceptors (Lipinski definition) is 21. The molecule has 2 aliphatic heterocycles. The van der Waals surface area contributed by atoms with Crippen LogP contribution in [-0.2, 0) is 89.6 Å². The number of amides is 14. The van der Waals surface area contributed by atoms with Crippen molar-refractivity contribution in [2.45, 2.75) is 237 Å². The summed E-state index contributed by atoms with van der Waals surface area (Å²) in [7, 11) is 0. The summed E-state index contributed by atoms with van der Waals surface area (Å²) in [6.45, 7) is 13.6. The van der Waals surface area contributed by atoms with Crippen molar-refractivity contribution in [3.63, 3.8) is 0 Å². The molecular weight excluding hydrogens is 1540 g/mol. The zero-order valence-corrected chi connectivity index (χ0v) is 68.4. The van der Waals surface area contributed by atoms with E-state index < -0.39 is 224 Å². The van der Waals surface area contributed by atoms with Crippen LogP contribution < -0.4 is 81.0 Å². The van der Waals surface area contributed by atoms with Gasteiger partial charge in [-0.05, 0) is 125 Å². The number of aromatic hydroxyl groups is 1. The third-order valence-corrected chi connectivity index (χ3v) is 20.2. The number of para-hydroxylation sites is 1. The molecule has 1 aromatic heterocycles. The molecule has 40 nitrogen and oxygen atoms in total. The zero-order valence-electron chi connectivity index (χ0n) is 68.4. The topological polar surface area (TPSA) is 631 Å². The smallest absolute Gasteiger partial charge is 0.326 e. The summed E-state index contributed by atoms with van der Waals surface area (Å²) < 4.78 is 0. The molecule has 0 unspecified atom stereocenters. The number of aliphatic carboxylic acids is 2. The number of likely N-dealkylation sites (tertiary alicyclic amines) is 2. The number of carboxylic acids is 2. The SMILES string of the molecule is CC[C@H](C)[C@H](NC(=O)[C@H](Cc1c[nH]c2ccccc12)NC(=O)CN)C(=O)N[C@@H](CC(C)C)C(=O)N[C@@H](CO)C(=O)N[C@H](C(=O)N[C@@H](Cc1ccc(O)cc1)C(=O)N[C@@H](CC(C)C)C(=O)NCC(=O)N[C@@H](CCCN=C(N)N)C(=O)N1CCC[C@H]1C(=O)N[C@@H](C)C(=O)N[C@@H](CCC(=O)O)C(=O)N1CCC[C@H]1C(=O)N[C@H](C(=O)O)C(C)C)[C@@H](C)O. The van der Waals surface area contributed by atoms with E-state index in [1.54, 1.807) is 61.6 Å². The zero-order chi connectivity index (χ0) is 87.9. The molecule has 2 aromatic carbocycles. The van der Waals surface area contributed by atoms with Gasteiger partial charge >= 0.3 is 11.9 Å². The number of carboxylic acid groups (broad SMARTS) is 2. The van der Waals surface area contributed by atoms with Crippen LogP contribution >= 0.6 is 0 Å². The lowest BCUT2D eigenvalue weighted by molar-refractivity contribution is -0.146. The van der Waals surface area contributed by atoms with Crippen molar-refractivity contribution in [2.75, 3.05) is 39.3 Å². The van der Waals surface area contributed by atoms with E-state index in [9.17, 15) is 102 Å². The van der Waals surface area contributed by atoms with E-state index in [1.807, 2.05) is 24.3 Å². The monoisotopic (exact) mass is 1660 g/mol. The van der Waals surface area contributed by atoms with Gasteiger partial charge in [0.15, 0.2) is 5.96 Å². The molecule has 24 N–H and O–H groups in total. The number of phenolic OH excluding ortho intramolecular Hbond substituents is 1. The predicted molar refractivity (Wildman–Crippen MR) is 429 cm³/mol. The van der Waals surface area contributed by atoms with E-state index in [0.717, 1.165) is 22.7 Å². The molecule has 40 heteroatoms. The van der Waals surface area contributed by atoms with Gasteiger partial charge in [0.25, 0.3) is 0 Å². The number of guanidine groups is 1. The van der Waals surface area contributed by atoms with Gasteiger partial charge < -0.3 is 121 Å². The normalized spacial score (nSPS) is 17.2. The summed E-state index contributed by atoms with van der Waals surface area (Å²) in [6, 6.07) is -5.98. The molecule has 5 rings (SSSR count). The third-order valence-electron chi connectivity index (χ3n) is 20.2. The van der Waals surface area contributed by atoms with Crippen LogP contribution in [0.2, 0.25) is 0 Å². The fourth-order valence-electron chi connectivity index (χ4n) is 13.6. The highest BCUT2D eigenvalue weighted by Gasteiger charge is 2.43. The number of fused-ring (bicyclic) bond motifs is 1. The lowest BCUT2D eigenvalue weighted by Crippen LogP contribution is -2.63. The first-order chi connectivity index (χ1) is 55.7. The lowest BCUT2D eigenvalue weighted by Gasteiger charge is -2.31. The van der Waals surface area contributed by atoms with E-state index in [-0.39, 0.29) is 101 Å². The first-order valence-corrected chi connectivity index (χ1v) is 39.7. The summed E-state index contributed by atoms with van der Waals surface area (Å²) in [5.74, 6) is -17.2. The number of nitrogens with one attached hydrogen (secondary N) is 13. The minimum Gasteiger partial charge on any atom is -0.508 e. The molecular formula is C78H119N19O21. The Bertz CT molecular complexity index is 4040. The first-order valence-electron chi connectivity index (χ1n) is 39.7. The van der Waals surface area contributed by atoms with Gasteiger partial charge in [0.2, 0.25) is 82.7 Å². The number of aromatic amines is 1. The van der Waals surface area contributed by atoms with E-state index in [4.69, 9.17) is 17.2 Å². The molecule has 0 bridgehead atoms. The van der Waals surface area contributed by atoms with Gasteiger partial charge in [0.05, 0.1) is 25.8 Å². The Morgan fingerprint density at radius 1 is 0.551 bits per heavy atom. The predicted octanol–water partition coefficient (Wildman–Crippen LogP) is -3.76. The molecule has 0 saturated carbocycles. The number of rotatable bonds is 47. The molecule has 2 fully saturated rings. The Morgan fingerprint density at radius 2 is 1.05 bits per heavy atom. The average Bonchev–Trinajstić information content (AvgIpc) is 1.68. The van der Waals surface area contributed by atoms with Crippen molar-refractivity contribution in [2.24, 2.45) is 45.9 Å². The van der Waals surface area contributed by atoms with Gasteiger partial charge in [0, 0.05) is 56.0 Å². The van der Waals surface area contributed by atoms with Gasteiger partial charge in [0.1, 0.15) is 84.3 Å². The van der Waals surface area contributed by atoms with Crippen molar-refractivity contribution in [1.82, 2.24) is 78.6 Å². The Morgan fingerprint density at radius 3 is 1.60 bits per heavy atom. The number of benzene rings is 2. The number of aromatic nitrogens is 1. The summed E-state index contributed by atoms with van der Waals surface area (Å²) in [6.07, 6.45) is -0.384. The second-order valence-electron chi connectivity index (χ2n) is 31.0. The Kier molecular flexibility index (Phi) is 38.6.